The van der Waals surface area contributed by atoms with Crippen LogP contribution in [0.3, 0.4) is 0 Å². The van der Waals surface area contributed by atoms with Gasteiger partial charge in [-0.05, 0) is 18.6 Å². The van der Waals surface area contributed by atoms with Crippen molar-refractivity contribution in [2.24, 2.45) is 0 Å². The van der Waals surface area contributed by atoms with Crippen LogP contribution in [0, 0.1) is 10.1 Å². The molecule has 1 aromatic carbocycles. The Morgan fingerprint density at radius 3 is 2.57 bits per heavy atom. The van der Waals surface area contributed by atoms with Crippen LogP contribution in [0.15, 0.2) is 24.3 Å². The standard InChI is InChI=1S/C13H10F3N3O4/c1-2-9-6-12(17-18(9)7-20)23-11-4-3-8(13(14,15)16)5-10(11)19(21)22/h3-7H,2H2,1H3. The molecule has 0 aliphatic heterocycles. The molecule has 1 aromatic heterocycles. The molecule has 0 fully saturated rings. The molecule has 0 unspecified atom stereocenters. The van der Waals surface area contributed by atoms with E-state index in [0.717, 1.165) is 10.7 Å². The predicted molar refractivity (Wildman–Crippen MR) is 71.9 cm³/mol. The van der Waals surface area contributed by atoms with Crippen molar-refractivity contribution in [1.29, 1.82) is 0 Å². The summed E-state index contributed by atoms with van der Waals surface area (Å²) in [5.41, 5.74) is -1.52. The van der Waals surface area contributed by atoms with Gasteiger partial charge in [0, 0.05) is 12.1 Å². The maximum Gasteiger partial charge on any atom is 0.416 e. The average molecular weight is 329 g/mol. The van der Waals surface area contributed by atoms with E-state index in [1.807, 2.05) is 0 Å². The summed E-state index contributed by atoms with van der Waals surface area (Å²) >= 11 is 0. The summed E-state index contributed by atoms with van der Waals surface area (Å²) in [5.74, 6) is -0.530. The minimum Gasteiger partial charge on any atom is -0.430 e. The summed E-state index contributed by atoms with van der Waals surface area (Å²) in [6.45, 7) is 1.75. The van der Waals surface area contributed by atoms with Gasteiger partial charge in [0.15, 0.2) is 0 Å². The number of hydrogen-bond acceptors (Lipinski definition) is 5. The SMILES string of the molecule is CCc1cc(Oc2ccc(C(F)(F)F)cc2[N+](=O)[O-])nn1C=O. The van der Waals surface area contributed by atoms with E-state index < -0.39 is 28.1 Å². The quantitative estimate of drug-likeness (QED) is 0.477. The van der Waals surface area contributed by atoms with Gasteiger partial charge >= 0.3 is 11.9 Å². The van der Waals surface area contributed by atoms with E-state index in [1.54, 1.807) is 6.92 Å². The Bertz CT molecular complexity index is 755. The third kappa shape index (κ3) is 3.47. The zero-order chi connectivity index (χ0) is 17.2. The second kappa shape index (κ2) is 6.07. The summed E-state index contributed by atoms with van der Waals surface area (Å²) in [5, 5.41) is 14.7. The maximum absolute atomic E-state index is 12.6. The summed E-state index contributed by atoms with van der Waals surface area (Å²) in [6.07, 6.45) is -3.84. The number of aryl methyl sites for hydroxylation is 1. The lowest BCUT2D eigenvalue weighted by Gasteiger charge is -2.08. The van der Waals surface area contributed by atoms with Gasteiger partial charge in [0.1, 0.15) is 0 Å². The van der Waals surface area contributed by atoms with Crippen LogP contribution in [0.5, 0.6) is 11.6 Å². The largest absolute Gasteiger partial charge is 0.430 e. The Hall–Kier alpha value is -2.91. The molecule has 0 saturated carbocycles. The summed E-state index contributed by atoms with van der Waals surface area (Å²) < 4.78 is 44.0. The first-order valence-corrected chi connectivity index (χ1v) is 6.33. The molecule has 10 heteroatoms. The number of rotatable bonds is 5. The third-order valence-electron chi connectivity index (χ3n) is 2.95. The number of alkyl halides is 3. The Labute approximate surface area is 127 Å². The zero-order valence-electron chi connectivity index (χ0n) is 11.7. The van der Waals surface area contributed by atoms with E-state index in [9.17, 15) is 28.1 Å². The lowest BCUT2D eigenvalue weighted by atomic mass is 10.2. The van der Waals surface area contributed by atoms with Crippen LogP contribution in [0.1, 0.15) is 18.2 Å². The number of hydrogen-bond donors (Lipinski definition) is 0. The van der Waals surface area contributed by atoms with E-state index in [-0.39, 0.29) is 5.88 Å². The summed E-state index contributed by atoms with van der Waals surface area (Å²) in [4.78, 5) is 20.8. The molecule has 0 N–H and O–H groups in total. The van der Waals surface area contributed by atoms with Crippen LogP contribution in [-0.2, 0) is 17.4 Å². The molecular weight excluding hydrogens is 319 g/mol. The highest BCUT2D eigenvalue weighted by Gasteiger charge is 2.33. The van der Waals surface area contributed by atoms with E-state index in [4.69, 9.17) is 4.74 Å². The molecular formula is C13H10F3N3O4. The van der Waals surface area contributed by atoms with Crippen LogP contribution < -0.4 is 4.74 Å². The molecule has 0 spiro atoms. The molecule has 0 amide bonds. The number of ether oxygens (including phenoxy) is 1. The van der Waals surface area contributed by atoms with Gasteiger partial charge in [-0.1, -0.05) is 6.92 Å². The van der Waals surface area contributed by atoms with Crippen LogP contribution in [0.2, 0.25) is 0 Å². The van der Waals surface area contributed by atoms with Crippen molar-refractivity contribution in [2.75, 3.05) is 0 Å². The van der Waals surface area contributed by atoms with Crippen molar-refractivity contribution >= 4 is 12.1 Å². The fraction of sp³-hybridized carbons (Fsp3) is 0.231. The number of carbonyl (C=O) groups is 1. The Morgan fingerprint density at radius 2 is 2.09 bits per heavy atom. The van der Waals surface area contributed by atoms with E-state index in [1.165, 1.54) is 6.07 Å². The highest BCUT2D eigenvalue weighted by molar-refractivity contribution is 5.54. The molecule has 0 saturated heterocycles. The molecule has 0 bridgehead atoms. The van der Waals surface area contributed by atoms with Crippen LogP contribution >= 0.6 is 0 Å². The van der Waals surface area contributed by atoms with Gasteiger partial charge in [0.05, 0.1) is 16.2 Å². The van der Waals surface area contributed by atoms with Crippen molar-refractivity contribution in [3.63, 3.8) is 0 Å². The number of benzene rings is 1. The third-order valence-corrected chi connectivity index (χ3v) is 2.95. The normalized spacial score (nSPS) is 11.3. The highest BCUT2D eigenvalue weighted by Crippen LogP contribution is 2.37. The number of aromatic nitrogens is 2. The van der Waals surface area contributed by atoms with Gasteiger partial charge in [-0.15, -0.1) is 5.10 Å². The van der Waals surface area contributed by atoms with E-state index in [0.29, 0.717) is 30.7 Å². The predicted octanol–water partition coefficient (Wildman–Crippen LogP) is 3.20. The Kier molecular flexibility index (Phi) is 4.34. The number of nitro groups is 1. The molecule has 0 aliphatic rings. The zero-order valence-corrected chi connectivity index (χ0v) is 11.7. The highest BCUT2D eigenvalue weighted by atomic mass is 19.4. The van der Waals surface area contributed by atoms with Crippen molar-refractivity contribution in [2.45, 2.75) is 19.5 Å². The fourth-order valence-corrected chi connectivity index (χ4v) is 1.85. The fourth-order valence-electron chi connectivity index (χ4n) is 1.85. The molecule has 2 aromatic rings. The van der Waals surface area contributed by atoms with E-state index in [2.05, 4.69) is 5.10 Å². The smallest absolute Gasteiger partial charge is 0.416 e. The Balaban J connectivity index is 2.41. The number of nitro benzene ring substituents is 1. The lowest BCUT2D eigenvalue weighted by molar-refractivity contribution is -0.385. The van der Waals surface area contributed by atoms with Crippen molar-refractivity contribution in [3.8, 4) is 11.6 Å². The van der Waals surface area contributed by atoms with Crippen molar-refractivity contribution in [1.82, 2.24) is 9.78 Å². The van der Waals surface area contributed by atoms with Gasteiger partial charge in [-0.2, -0.15) is 13.2 Å². The summed E-state index contributed by atoms with van der Waals surface area (Å²) in [7, 11) is 0. The number of halogens is 3. The second-order valence-corrected chi connectivity index (χ2v) is 4.42. The van der Waals surface area contributed by atoms with Gasteiger partial charge in [0.2, 0.25) is 18.0 Å². The van der Waals surface area contributed by atoms with Crippen molar-refractivity contribution in [3.05, 3.63) is 45.6 Å². The molecule has 23 heavy (non-hydrogen) atoms. The number of carbonyl (C=O) groups excluding carboxylic acids is 1. The topological polar surface area (TPSA) is 87.3 Å². The molecule has 0 atom stereocenters. The Morgan fingerprint density at radius 1 is 1.39 bits per heavy atom. The maximum atomic E-state index is 12.6. The van der Waals surface area contributed by atoms with Crippen LogP contribution in [0.25, 0.3) is 0 Å². The first-order valence-electron chi connectivity index (χ1n) is 6.33. The second-order valence-electron chi connectivity index (χ2n) is 4.42. The van der Waals surface area contributed by atoms with Gasteiger partial charge in [-0.3, -0.25) is 14.9 Å². The molecule has 1 heterocycles. The monoisotopic (exact) mass is 329 g/mol. The lowest BCUT2D eigenvalue weighted by Crippen LogP contribution is -2.06. The number of nitrogens with zero attached hydrogens (tertiary/aromatic N) is 3. The van der Waals surface area contributed by atoms with Crippen molar-refractivity contribution < 1.29 is 27.6 Å². The van der Waals surface area contributed by atoms with Gasteiger partial charge < -0.3 is 4.74 Å². The molecule has 0 radical (unpaired) electrons. The van der Waals surface area contributed by atoms with Gasteiger partial charge in [-0.25, -0.2) is 4.68 Å². The first kappa shape index (κ1) is 16.5. The van der Waals surface area contributed by atoms with E-state index >= 15 is 0 Å². The summed E-state index contributed by atoms with van der Waals surface area (Å²) in [6, 6.07) is 3.26. The minimum atomic E-state index is -4.71. The molecule has 7 nitrogen and oxygen atoms in total. The average Bonchev–Trinajstić information content (AvgIpc) is 2.88. The van der Waals surface area contributed by atoms with Gasteiger partial charge in [0.25, 0.3) is 0 Å². The molecule has 2 rings (SSSR count). The molecule has 0 aliphatic carbocycles. The minimum absolute atomic E-state index is 0.128. The molecule has 122 valence electrons. The first-order chi connectivity index (χ1) is 10.8. The van der Waals surface area contributed by atoms with Crippen LogP contribution in [-0.4, -0.2) is 21.1 Å². The van der Waals surface area contributed by atoms with Crippen LogP contribution in [0.4, 0.5) is 18.9 Å².